The minimum Gasteiger partial charge on any atom is -0.395 e. The molecule has 6 nitrogen and oxygen atoms in total. The molecule has 0 saturated heterocycles. The lowest BCUT2D eigenvalue weighted by Gasteiger charge is -2.06. The van der Waals surface area contributed by atoms with Crippen molar-refractivity contribution in [2.24, 2.45) is 7.05 Å². The summed E-state index contributed by atoms with van der Waals surface area (Å²) in [5.41, 5.74) is 8.74. The van der Waals surface area contributed by atoms with Gasteiger partial charge in [0.2, 0.25) is 0 Å². The summed E-state index contributed by atoms with van der Waals surface area (Å²) in [5.74, 6) is -0.291. The Kier molecular flexibility index (Phi) is 3.01. The summed E-state index contributed by atoms with van der Waals surface area (Å²) in [6.07, 6.45) is 1.60. The zero-order valence-electron chi connectivity index (χ0n) is 10.6. The van der Waals surface area contributed by atoms with E-state index in [4.69, 9.17) is 5.73 Å². The molecule has 6 heteroatoms. The van der Waals surface area contributed by atoms with E-state index in [9.17, 15) is 4.79 Å². The van der Waals surface area contributed by atoms with Gasteiger partial charge in [-0.15, -0.1) is 0 Å². The number of nitrogens with zero attached hydrogens (tertiary/aromatic N) is 3. The molecule has 0 radical (unpaired) electrons. The first-order valence-corrected chi connectivity index (χ1v) is 5.52. The number of nitrogens with one attached hydrogen (secondary N) is 1. The molecule has 94 valence electrons. The molecule has 0 aliphatic carbocycles. The zero-order chi connectivity index (χ0) is 13.3. The van der Waals surface area contributed by atoms with Gasteiger partial charge in [-0.05, 0) is 26.0 Å². The van der Waals surface area contributed by atoms with Gasteiger partial charge >= 0.3 is 0 Å². The van der Waals surface area contributed by atoms with Crippen LogP contribution in [0.5, 0.6) is 0 Å². The third-order valence-electron chi connectivity index (χ3n) is 2.65. The number of hydrogen-bond acceptors (Lipinski definition) is 4. The molecular weight excluding hydrogens is 230 g/mol. The minimum absolute atomic E-state index is 0.291. The molecule has 2 rings (SSSR count). The van der Waals surface area contributed by atoms with Gasteiger partial charge in [0.25, 0.3) is 5.91 Å². The molecule has 0 fully saturated rings. The van der Waals surface area contributed by atoms with E-state index in [1.807, 2.05) is 13.0 Å². The van der Waals surface area contributed by atoms with Gasteiger partial charge in [0, 0.05) is 12.7 Å². The number of aromatic nitrogens is 3. The van der Waals surface area contributed by atoms with Crippen LogP contribution in [0.2, 0.25) is 0 Å². The van der Waals surface area contributed by atoms with Crippen molar-refractivity contribution in [2.45, 2.75) is 13.8 Å². The van der Waals surface area contributed by atoms with Gasteiger partial charge < -0.3 is 11.1 Å². The zero-order valence-corrected chi connectivity index (χ0v) is 10.6. The molecular formula is C12H15N5O. The van der Waals surface area contributed by atoms with E-state index in [0.29, 0.717) is 22.8 Å². The van der Waals surface area contributed by atoms with Crippen LogP contribution in [0.1, 0.15) is 21.9 Å². The van der Waals surface area contributed by atoms with Crippen LogP contribution in [0.4, 0.5) is 11.4 Å². The van der Waals surface area contributed by atoms with E-state index in [1.165, 1.54) is 4.68 Å². The molecule has 0 unspecified atom stereocenters. The fraction of sp³-hybridized carbons (Fsp3) is 0.250. The van der Waals surface area contributed by atoms with E-state index in [0.717, 1.165) is 5.69 Å². The van der Waals surface area contributed by atoms with Crippen molar-refractivity contribution < 1.29 is 4.79 Å². The number of carbonyl (C=O) groups excluding carboxylic acids is 1. The van der Waals surface area contributed by atoms with Crippen LogP contribution in [0.25, 0.3) is 0 Å². The molecule has 18 heavy (non-hydrogen) atoms. The Balaban J connectivity index is 2.24. The third kappa shape index (κ3) is 2.17. The van der Waals surface area contributed by atoms with Gasteiger partial charge in [0.05, 0.1) is 23.3 Å². The highest BCUT2D eigenvalue weighted by Crippen LogP contribution is 2.17. The lowest BCUT2D eigenvalue weighted by molar-refractivity contribution is 0.101. The number of amides is 1. The Morgan fingerprint density at radius 1 is 1.39 bits per heavy atom. The summed E-state index contributed by atoms with van der Waals surface area (Å²) < 4.78 is 1.47. The first-order chi connectivity index (χ1) is 8.49. The van der Waals surface area contributed by atoms with Gasteiger partial charge in [-0.25, -0.2) is 0 Å². The predicted octanol–water partition coefficient (Wildman–Crippen LogP) is 1.27. The normalized spacial score (nSPS) is 10.4. The van der Waals surface area contributed by atoms with E-state index in [-0.39, 0.29) is 5.91 Å². The van der Waals surface area contributed by atoms with Crippen LogP contribution in [-0.2, 0) is 7.05 Å². The van der Waals surface area contributed by atoms with Crippen LogP contribution in [0.15, 0.2) is 18.3 Å². The quantitative estimate of drug-likeness (QED) is 0.834. The van der Waals surface area contributed by atoms with E-state index in [1.54, 1.807) is 26.2 Å². The molecule has 2 aromatic heterocycles. The minimum atomic E-state index is -0.291. The Morgan fingerprint density at radius 2 is 2.11 bits per heavy atom. The predicted molar refractivity (Wildman–Crippen MR) is 69.3 cm³/mol. The number of hydrogen-bond donors (Lipinski definition) is 2. The lowest BCUT2D eigenvalue weighted by atomic mass is 10.3. The van der Waals surface area contributed by atoms with Gasteiger partial charge in [0.15, 0.2) is 0 Å². The van der Waals surface area contributed by atoms with E-state index >= 15 is 0 Å². The summed E-state index contributed by atoms with van der Waals surface area (Å²) in [7, 11) is 1.69. The highest BCUT2D eigenvalue weighted by Gasteiger charge is 2.17. The largest absolute Gasteiger partial charge is 0.395 e. The maximum Gasteiger partial charge on any atom is 0.276 e. The van der Waals surface area contributed by atoms with Gasteiger partial charge in [-0.3, -0.25) is 14.5 Å². The topological polar surface area (TPSA) is 85.8 Å². The van der Waals surface area contributed by atoms with Crippen LogP contribution < -0.4 is 11.1 Å². The Hall–Kier alpha value is -2.37. The van der Waals surface area contributed by atoms with Crippen molar-refractivity contribution in [3.05, 3.63) is 35.4 Å². The number of carbonyl (C=O) groups is 1. The van der Waals surface area contributed by atoms with Crippen molar-refractivity contribution in [3.8, 4) is 0 Å². The van der Waals surface area contributed by atoms with Gasteiger partial charge in [-0.2, -0.15) is 5.10 Å². The number of anilines is 2. The van der Waals surface area contributed by atoms with E-state index in [2.05, 4.69) is 15.4 Å². The molecule has 0 aliphatic heterocycles. The number of pyridine rings is 1. The standard InChI is InChI=1S/C12H15N5O/c1-7-4-5-9(6-14-7)15-12(18)11-10(13)8(2)16-17(11)3/h4-6H,13H2,1-3H3,(H,15,18). The maximum absolute atomic E-state index is 12.1. The van der Waals surface area contributed by atoms with Crippen molar-refractivity contribution in [2.75, 3.05) is 11.1 Å². The summed E-state index contributed by atoms with van der Waals surface area (Å²) >= 11 is 0. The summed E-state index contributed by atoms with van der Waals surface area (Å²) in [4.78, 5) is 16.2. The van der Waals surface area contributed by atoms with Crippen LogP contribution in [0.3, 0.4) is 0 Å². The number of nitrogen functional groups attached to an aromatic ring is 1. The second-order valence-corrected chi connectivity index (χ2v) is 4.11. The van der Waals surface area contributed by atoms with E-state index < -0.39 is 0 Å². The molecule has 0 aliphatic rings. The van der Waals surface area contributed by atoms with Crippen LogP contribution >= 0.6 is 0 Å². The first-order valence-electron chi connectivity index (χ1n) is 5.52. The fourth-order valence-electron chi connectivity index (χ4n) is 1.68. The first kappa shape index (κ1) is 12.1. The summed E-state index contributed by atoms with van der Waals surface area (Å²) in [6.45, 7) is 3.65. The smallest absolute Gasteiger partial charge is 0.276 e. The highest BCUT2D eigenvalue weighted by molar-refractivity contribution is 6.06. The number of aryl methyl sites for hydroxylation is 3. The molecule has 0 atom stereocenters. The van der Waals surface area contributed by atoms with Crippen molar-refractivity contribution in [3.63, 3.8) is 0 Å². The molecule has 0 bridgehead atoms. The van der Waals surface area contributed by atoms with Crippen LogP contribution in [0, 0.1) is 13.8 Å². The van der Waals surface area contributed by atoms with Crippen molar-refractivity contribution >= 4 is 17.3 Å². The molecule has 2 aromatic rings. The monoisotopic (exact) mass is 245 g/mol. The van der Waals surface area contributed by atoms with Gasteiger partial charge in [-0.1, -0.05) is 0 Å². The second kappa shape index (κ2) is 4.48. The molecule has 0 saturated carbocycles. The van der Waals surface area contributed by atoms with Crippen molar-refractivity contribution in [1.29, 1.82) is 0 Å². The maximum atomic E-state index is 12.1. The Labute approximate surface area is 105 Å². The third-order valence-corrected chi connectivity index (χ3v) is 2.65. The molecule has 1 amide bonds. The molecule has 0 aromatic carbocycles. The molecule has 3 N–H and O–H groups in total. The van der Waals surface area contributed by atoms with Crippen LogP contribution in [-0.4, -0.2) is 20.7 Å². The Bertz CT molecular complexity index is 585. The number of rotatable bonds is 2. The van der Waals surface area contributed by atoms with Crippen molar-refractivity contribution in [1.82, 2.24) is 14.8 Å². The highest BCUT2D eigenvalue weighted by atomic mass is 16.2. The molecule has 0 spiro atoms. The molecule has 2 heterocycles. The van der Waals surface area contributed by atoms with Gasteiger partial charge in [0.1, 0.15) is 5.69 Å². The SMILES string of the molecule is Cc1ccc(NC(=O)c2c(N)c(C)nn2C)cn1. The summed E-state index contributed by atoms with van der Waals surface area (Å²) in [5, 5.41) is 6.84. The average molecular weight is 245 g/mol. The number of nitrogens with two attached hydrogens (primary N) is 1. The fourth-order valence-corrected chi connectivity index (χ4v) is 1.68. The second-order valence-electron chi connectivity index (χ2n) is 4.11. The Morgan fingerprint density at radius 3 is 2.61 bits per heavy atom. The average Bonchev–Trinajstić information content (AvgIpc) is 2.56. The lowest BCUT2D eigenvalue weighted by Crippen LogP contribution is -2.17. The summed E-state index contributed by atoms with van der Waals surface area (Å²) in [6, 6.07) is 3.62.